The first-order chi connectivity index (χ1) is 9.33. The first-order valence-corrected chi connectivity index (χ1v) is 6.20. The highest BCUT2D eigenvalue weighted by Crippen LogP contribution is 2.15. The van der Waals surface area contributed by atoms with Crippen LogP contribution in [0.25, 0.3) is 5.69 Å². The van der Waals surface area contributed by atoms with E-state index in [4.69, 9.17) is 0 Å². The van der Waals surface area contributed by atoms with Gasteiger partial charge in [0.25, 0.3) is 0 Å². The van der Waals surface area contributed by atoms with E-state index in [0.29, 0.717) is 0 Å². The van der Waals surface area contributed by atoms with Gasteiger partial charge in [-0.2, -0.15) is 0 Å². The highest BCUT2D eigenvalue weighted by molar-refractivity contribution is 5.95. The predicted octanol–water partition coefficient (Wildman–Crippen LogP) is 0.353. The number of carbonyl (C=O) groups excluding carboxylic acids is 1. The summed E-state index contributed by atoms with van der Waals surface area (Å²) in [5.41, 5.74) is 1.55. The second-order valence-electron chi connectivity index (χ2n) is 4.44. The minimum atomic E-state index is -0.0864. The van der Waals surface area contributed by atoms with Gasteiger partial charge in [0.15, 0.2) is 0 Å². The van der Waals surface area contributed by atoms with E-state index in [-0.39, 0.29) is 11.9 Å². The molecule has 1 aliphatic rings. The van der Waals surface area contributed by atoms with Crippen LogP contribution in [0.15, 0.2) is 30.6 Å². The number of hydrogen-bond acceptors (Lipinski definition) is 5. The summed E-state index contributed by atoms with van der Waals surface area (Å²) in [6.07, 6.45) is 3.45. The lowest BCUT2D eigenvalue weighted by atomic mass is 10.2. The van der Waals surface area contributed by atoms with Gasteiger partial charge in [-0.3, -0.25) is 4.79 Å². The number of amides is 1. The molecule has 2 N–H and O–H groups in total. The maximum atomic E-state index is 12.0. The van der Waals surface area contributed by atoms with Crippen LogP contribution < -0.4 is 10.6 Å². The third-order valence-corrected chi connectivity index (χ3v) is 3.10. The van der Waals surface area contributed by atoms with Gasteiger partial charge in [0.2, 0.25) is 5.91 Å². The molecule has 1 aliphatic heterocycles. The van der Waals surface area contributed by atoms with Gasteiger partial charge in [-0.25, -0.2) is 4.68 Å². The molecule has 0 spiro atoms. The number of tetrazole rings is 1. The van der Waals surface area contributed by atoms with E-state index in [1.54, 1.807) is 4.68 Å². The second-order valence-corrected chi connectivity index (χ2v) is 4.44. The lowest BCUT2D eigenvalue weighted by molar-refractivity contribution is -0.117. The largest absolute Gasteiger partial charge is 0.325 e. The van der Waals surface area contributed by atoms with Crippen molar-refractivity contribution in [3.63, 3.8) is 0 Å². The summed E-state index contributed by atoms with van der Waals surface area (Å²) in [6.45, 7) is 0.906. The fourth-order valence-electron chi connectivity index (χ4n) is 2.14. The average Bonchev–Trinajstić information content (AvgIpc) is 3.13. The van der Waals surface area contributed by atoms with Crippen LogP contribution >= 0.6 is 0 Å². The number of anilines is 1. The van der Waals surface area contributed by atoms with Crippen molar-refractivity contribution in [2.24, 2.45) is 0 Å². The topological polar surface area (TPSA) is 84.7 Å². The van der Waals surface area contributed by atoms with E-state index in [1.807, 2.05) is 24.3 Å². The molecule has 98 valence electrons. The van der Waals surface area contributed by atoms with Crippen LogP contribution in [0.4, 0.5) is 5.69 Å². The van der Waals surface area contributed by atoms with Crippen LogP contribution in [-0.4, -0.2) is 38.7 Å². The third kappa shape index (κ3) is 2.60. The van der Waals surface area contributed by atoms with E-state index in [0.717, 1.165) is 30.8 Å². The molecule has 0 bridgehead atoms. The Morgan fingerprint density at radius 2 is 2.42 bits per heavy atom. The van der Waals surface area contributed by atoms with Crippen molar-refractivity contribution in [2.75, 3.05) is 11.9 Å². The SMILES string of the molecule is O=C(Nc1cccc(-n2cnnn2)c1)[C@@H]1CCCN1. The zero-order valence-electron chi connectivity index (χ0n) is 10.3. The summed E-state index contributed by atoms with van der Waals surface area (Å²) in [4.78, 5) is 12.0. The Balaban J connectivity index is 1.74. The van der Waals surface area contributed by atoms with Crippen LogP contribution in [-0.2, 0) is 4.79 Å². The van der Waals surface area contributed by atoms with Crippen molar-refractivity contribution in [1.29, 1.82) is 0 Å². The van der Waals surface area contributed by atoms with Crippen LogP contribution in [0.3, 0.4) is 0 Å². The molecule has 1 aromatic carbocycles. The monoisotopic (exact) mass is 258 g/mol. The van der Waals surface area contributed by atoms with Gasteiger partial charge >= 0.3 is 0 Å². The minimum Gasteiger partial charge on any atom is -0.325 e. The Morgan fingerprint density at radius 3 is 3.16 bits per heavy atom. The molecule has 1 fully saturated rings. The van der Waals surface area contributed by atoms with Crippen molar-refractivity contribution in [1.82, 2.24) is 25.5 Å². The van der Waals surface area contributed by atoms with Gasteiger partial charge < -0.3 is 10.6 Å². The molecule has 0 saturated carbocycles. The molecule has 1 atom stereocenters. The summed E-state index contributed by atoms with van der Waals surface area (Å²) in [5.74, 6) is 0.00589. The van der Waals surface area contributed by atoms with Crippen LogP contribution in [0.2, 0.25) is 0 Å². The number of aromatic nitrogens is 4. The first kappa shape index (κ1) is 11.8. The molecule has 1 aromatic heterocycles. The molecule has 7 heteroatoms. The number of carbonyl (C=O) groups is 1. The normalized spacial score (nSPS) is 18.4. The zero-order valence-corrected chi connectivity index (χ0v) is 10.3. The summed E-state index contributed by atoms with van der Waals surface area (Å²) in [7, 11) is 0. The molecular formula is C12H14N6O. The lowest BCUT2D eigenvalue weighted by Gasteiger charge is -2.11. The quantitative estimate of drug-likeness (QED) is 0.830. The molecule has 1 amide bonds. The standard InChI is InChI=1S/C12H14N6O/c19-12(11-5-2-6-13-11)15-9-3-1-4-10(7-9)18-8-14-16-17-18/h1,3-4,7-8,11,13H,2,5-6H2,(H,15,19)/t11-/m0/s1. The third-order valence-electron chi connectivity index (χ3n) is 3.10. The fourth-order valence-corrected chi connectivity index (χ4v) is 2.14. The van der Waals surface area contributed by atoms with Crippen molar-refractivity contribution in [3.8, 4) is 5.69 Å². The van der Waals surface area contributed by atoms with Crippen LogP contribution in [0.5, 0.6) is 0 Å². The van der Waals surface area contributed by atoms with Gasteiger partial charge in [-0.1, -0.05) is 6.07 Å². The Labute approximate surface area is 110 Å². The predicted molar refractivity (Wildman–Crippen MR) is 68.8 cm³/mol. The number of rotatable bonds is 3. The Bertz CT molecular complexity index is 561. The molecule has 2 heterocycles. The lowest BCUT2D eigenvalue weighted by Crippen LogP contribution is -2.35. The highest BCUT2D eigenvalue weighted by Gasteiger charge is 2.21. The van der Waals surface area contributed by atoms with Gasteiger partial charge in [0, 0.05) is 5.69 Å². The number of hydrogen-bond donors (Lipinski definition) is 2. The van der Waals surface area contributed by atoms with E-state index in [9.17, 15) is 4.79 Å². The Morgan fingerprint density at radius 1 is 1.47 bits per heavy atom. The molecule has 7 nitrogen and oxygen atoms in total. The second kappa shape index (κ2) is 5.15. The van der Waals surface area contributed by atoms with Crippen molar-refractivity contribution in [3.05, 3.63) is 30.6 Å². The average molecular weight is 258 g/mol. The van der Waals surface area contributed by atoms with Crippen LogP contribution in [0, 0.1) is 0 Å². The summed E-state index contributed by atoms with van der Waals surface area (Å²) >= 11 is 0. The van der Waals surface area contributed by atoms with E-state index < -0.39 is 0 Å². The molecule has 2 aromatic rings. The molecule has 0 unspecified atom stereocenters. The minimum absolute atomic E-state index is 0.00589. The van der Waals surface area contributed by atoms with E-state index >= 15 is 0 Å². The molecule has 0 radical (unpaired) electrons. The van der Waals surface area contributed by atoms with E-state index in [2.05, 4.69) is 26.2 Å². The van der Waals surface area contributed by atoms with Gasteiger partial charge in [-0.05, 0) is 48.0 Å². The smallest absolute Gasteiger partial charge is 0.241 e. The molecule has 0 aliphatic carbocycles. The highest BCUT2D eigenvalue weighted by atomic mass is 16.2. The number of nitrogens with zero attached hydrogens (tertiary/aromatic N) is 4. The van der Waals surface area contributed by atoms with Gasteiger partial charge in [0.1, 0.15) is 6.33 Å². The van der Waals surface area contributed by atoms with Crippen molar-refractivity contribution < 1.29 is 4.79 Å². The number of benzene rings is 1. The first-order valence-electron chi connectivity index (χ1n) is 6.20. The zero-order chi connectivity index (χ0) is 13.1. The van der Waals surface area contributed by atoms with Crippen molar-refractivity contribution in [2.45, 2.75) is 18.9 Å². The maximum absolute atomic E-state index is 12.0. The van der Waals surface area contributed by atoms with E-state index in [1.165, 1.54) is 6.33 Å². The Hall–Kier alpha value is -2.28. The van der Waals surface area contributed by atoms with Crippen molar-refractivity contribution >= 4 is 11.6 Å². The summed E-state index contributed by atoms with van der Waals surface area (Å²) < 4.78 is 1.55. The van der Waals surface area contributed by atoms with Gasteiger partial charge in [0.05, 0.1) is 11.7 Å². The maximum Gasteiger partial charge on any atom is 0.241 e. The fraction of sp³-hybridized carbons (Fsp3) is 0.333. The molecule has 19 heavy (non-hydrogen) atoms. The van der Waals surface area contributed by atoms with Gasteiger partial charge in [-0.15, -0.1) is 5.10 Å². The molecular weight excluding hydrogens is 244 g/mol. The molecule has 1 saturated heterocycles. The number of nitrogens with one attached hydrogen (secondary N) is 2. The summed E-state index contributed by atoms with van der Waals surface area (Å²) in [6, 6.07) is 7.33. The molecule has 3 rings (SSSR count). The van der Waals surface area contributed by atoms with Crippen LogP contribution in [0.1, 0.15) is 12.8 Å². The summed E-state index contributed by atoms with van der Waals surface area (Å²) in [5, 5.41) is 17.1. The Kier molecular flexibility index (Phi) is 3.20.